The van der Waals surface area contributed by atoms with E-state index in [1.165, 1.54) is 18.4 Å². The highest BCUT2D eigenvalue weighted by molar-refractivity contribution is 5.99. The number of nitrogens with one attached hydrogen (secondary N) is 2. The van der Waals surface area contributed by atoms with Crippen LogP contribution in [0.25, 0.3) is 0 Å². The third kappa shape index (κ3) is 5.42. The molecule has 0 aliphatic heterocycles. The maximum Gasteiger partial charge on any atom is 0.267 e. The molecule has 6 nitrogen and oxygen atoms in total. The Morgan fingerprint density at radius 2 is 2.00 bits per heavy atom. The number of hydrogen-bond acceptors (Lipinski definition) is 4. The van der Waals surface area contributed by atoms with E-state index < -0.39 is 5.91 Å². The van der Waals surface area contributed by atoms with Crippen molar-refractivity contribution in [3.8, 4) is 0 Å². The van der Waals surface area contributed by atoms with Gasteiger partial charge in [0.1, 0.15) is 5.69 Å². The second-order valence-corrected chi connectivity index (χ2v) is 6.93. The Balaban J connectivity index is 1.59. The summed E-state index contributed by atoms with van der Waals surface area (Å²) in [6.07, 6.45) is 9.59. The average molecular weight is 378 g/mol. The topological polar surface area (TPSA) is 97.1 Å². The Bertz CT molecular complexity index is 876. The maximum atomic E-state index is 12.6. The zero-order valence-electron chi connectivity index (χ0n) is 15.9. The molecule has 1 aromatic heterocycles. The molecular weight excluding hydrogens is 352 g/mol. The Labute approximate surface area is 165 Å². The van der Waals surface area contributed by atoms with Gasteiger partial charge in [0, 0.05) is 25.0 Å². The van der Waals surface area contributed by atoms with Gasteiger partial charge in [0.15, 0.2) is 0 Å². The normalized spacial score (nSPS) is 13.5. The highest BCUT2D eigenvalue weighted by Crippen LogP contribution is 2.20. The fourth-order valence-electron chi connectivity index (χ4n) is 3.32. The Hall–Kier alpha value is -3.15. The van der Waals surface area contributed by atoms with Crippen molar-refractivity contribution in [1.29, 1.82) is 0 Å². The largest absolute Gasteiger partial charge is 0.380 e. The van der Waals surface area contributed by atoms with E-state index in [1.807, 2.05) is 18.2 Å². The second kappa shape index (κ2) is 9.69. The smallest absolute Gasteiger partial charge is 0.267 e. The number of primary amides is 1. The molecule has 0 atom stereocenters. The first-order valence-electron chi connectivity index (χ1n) is 9.67. The molecule has 146 valence electrons. The van der Waals surface area contributed by atoms with Gasteiger partial charge in [-0.1, -0.05) is 23.8 Å². The first kappa shape index (κ1) is 19.6. The Kier molecular flexibility index (Phi) is 6.78. The number of hydrogen-bond donors (Lipinski definition) is 3. The molecule has 1 aromatic carbocycles. The van der Waals surface area contributed by atoms with Crippen molar-refractivity contribution in [2.45, 2.75) is 38.6 Å². The first-order valence-corrected chi connectivity index (χ1v) is 9.67. The van der Waals surface area contributed by atoms with E-state index in [4.69, 9.17) is 5.73 Å². The Morgan fingerprint density at radius 1 is 1.14 bits per heavy atom. The lowest BCUT2D eigenvalue weighted by Gasteiger charge is -2.14. The number of allylic oxidation sites excluding steroid dienone is 1. The number of carbonyl (C=O) groups excluding carboxylic acids is 2. The van der Waals surface area contributed by atoms with Crippen molar-refractivity contribution in [3.05, 3.63) is 71.1 Å². The molecule has 0 spiro atoms. The molecule has 4 N–H and O–H groups in total. The third-order valence-electron chi connectivity index (χ3n) is 4.85. The van der Waals surface area contributed by atoms with E-state index in [0.29, 0.717) is 18.7 Å². The molecule has 2 aromatic rings. The molecule has 0 saturated heterocycles. The van der Waals surface area contributed by atoms with E-state index >= 15 is 0 Å². The van der Waals surface area contributed by atoms with Crippen molar-refractivity contribution in [1.82, 2.24) is 10.3 Å². The number of aromatic nitrogens is 1. The third-order valence-corrected chi connectivity index (χ3v) is 4.85. The van der Waals surface area contributed by atoms with Crippen LogP contribution < -0.4 is 16.4 Å². The summed E-state index contributed by atoms with van der Waals surface area (Å²) in [5.41, 5.74) is 9.16. The lowest BCUT2D eigenvalue weighted by atomic mass is 9.97. The van der Waals surface area contributed by atoms with Gasteiger partial charge in [-0.05, 0) is 61.9 Å². The summed E-state index contributed by atoms with van der Waals surface area (Å²) >= 11 is 0. The minimum Gasteiger partial charge on any atom is -0.380 e. The number of benzene rings is 1. The number of anilines is 1. The minimum absolute atomic E-state index is 0.0907. The van der Waals surface area contributed by atoms with Crippen LogP contribution in [0.4, 0.5) is 5.69 Å². The molecule has 0 saturated carbocycles. The van der Waals surface area contributed by atoms with Gasteiger partial charge >= 0.3 is 0 Å². The molecule has 1 heterocycles. The zero-order valence-corrected chi connectivity index (χ0v) is 15.9. The van der Waals surface area contributed by atoms with Gasteiger partial charge in [-0.15, -0.1) is 0 Å². The summed E-state index contributed by atoms with van der Waals surface area (Å²) in [5, 5.41) is 6.28. The highest BCUT2D eigenvalue weighted by atomic mass is 16.2. The first-order chi connectivity index (χ1) is 13.6. The quantitative estimate of drug-likeness (QED) is 0.613. The molecule has 1 aliphatic carbocycles. The molecule has 6 heteroatoms. The Morgan fingerprint density at radius 3 is 2.79 bits per heavy atom. The van der Waals surface area contributed by atoms with Gasteiger partial charge in [-0.3, -0.25) is 14.6 Å². The van der Waals surface area contributed by atoms with Gasteiger partial charge in [0.05, 0.1) is 5.56 Å². The SMILES string of the molecule is NC(=O)c1cc(CNc2ccccc2C(=O)NCCC2=CCCCC2)ccn1. The number of nitrogens with two attached hydrogens (primary N) is 1. The van der Waals surface area contributed by atoms with Crippen LogP contribution in [0.1, 0.15) is 58.5 Å². The lowest BCUT2D eigenvalue weighted by molar-refractivity contribution is 0.0953. The van der Waals surface area contributed by atoms with Crippen LogP contribution in [0.3, 0.4) is 0 Å². The van der Waals surface area contributed by atoms with E-state index in [0.717, 1.165) is 30.5 Å². The number of carbonyl (C=O) groups is 2. The number of rotatable bonds is 8. The van der Waals surface area contributed by atoms with Crippen molar-refractivity contribution < 1.29 is 9.59 Å². The summed E-state index contributed by atoms with van der Waals surface area (Å²) in [7, 11) is 0. The molecule has 0 fully saturated rings. The fourth-order valence-corrected chi connectivity index (χ4v) is 3.32. The maximum absolute atomic E-state index is 12.6. The van der Waals surface area contributed by atoms with Crippen molar-refractivity contribution in [2.75, 3.05) is 11.9 Å². The molecule has 0 unspecified atom stereocenters. The molecule has 0 bridgehead atoms. The molecule has 3 rings (SSSR count). The molecular formula is C22H26N4O2. The summed E-state index contributed by atoms with van der Waals surface area (Å²) in [4.78, 5) is 27.8. The van der Waals surface area contributed by atoms with Crippen LogP contribution in [-0.4, -0.2) is 23.3 Å². The molecule has 0 radical (unpaired) electrons. The molecule has 2 amide bonds. The monoisotopic (exact) mass is 378 g/mol. The minimum atomic E-state index is -0.560. The predicted octanol–water partition coefficient (Wildman–Crippen LogP) is 3.41. The van der Waals surface area contributed by atoms with E-state index in [2.05, 4.69) is 21.7 Å². The van der Waals surface area contributed by atoms with E-state index in [-0.39, 0.29) is 11.6 Å². The summed E-state index contributed by atoms with van der Waals surface area (Å²) < 4.78 is 0. The van der Waals surface area contributed by atoms with Crippen molar-refractivity contribution in [3.63, 3.8) is 0 Å². The number of amides is 2. The molecule has 1 aliphatic rings. The van der Waals surface area contributed by atoms with Gasteiger partial charge in [0.25, 0.3) is 11.8 Å². The highest BCUT2D eigenvalue weighted by Gasteiger charge is 2.11. The number of pyridine rings is 1. The van der Waals surface area contributed by atoms with Crippen LogP contribution in [0.5, 0.6) is 0 Å². The number of nitrogens with zero attached hydrogens (tertiary/aromatic N) is 1. The van der Waals surface area contributed by atoms with Crippen LogP contribution in [0.2, 0.25) is 0 Å². The number of para-hydroxylation sites is 1. The zero-order chi connectivity index (χ0) is 19.8. The lowest BCUT2D eigenvalue weighted by Crippen LogP contribution is -2.25. The fraction of sp³-hybridized carbons (Fsp3) is 0.318. The van der Waals surface area contributed by atoms with Gasteiger partial charge in [0.2, 0.25) is 0 Å². The van der Waals surface area contributed by atoms with Gasteiger partial charge in [-0.2, -0.15) is 0 Å². The van der Waals surface area contributed by atoms with Gasteiger partial charge < -0.3 is 16.4 Å². The summed E-state index contributed by atoms with van der Waals surface area (Å²) in [6, 6.07) is 10.9. The van der Waals surface area contributed by atoms with Crippen LogP contribution in [-0.2, 0) is 6.54 Å². The second-order valence-electron chi connectivity index (χ2n) is 6.93. The van der Waals surface area contributed by atoms with Gasteiger partial charge in [-0.25, -0.2) is 0 Å². The van der Waals surface area contributed by atoms with Crippen molar-refractivity contribution >= 4 is 17.5 Å². The van der Waals surface area contributed by atoms with Crippen LogP contribution in [0, 0.1) is 0 Å². The van der Waals surface area contributed by atoms with Crippen molar-refractivity contribution in [2.24, 2.45) is 5.73 Å². The standard InChI is InChI=1S/C22H26N4O2/c23-21(27)20-14-17(11-12-24-20)15-26-19-9-5-4-8-18(19)22(28)25-13-10-16-6-2-1-3-7-16/h4-6,8-9,11-12,14,26H,1-3,7,10,13,15H2,(H2,23,27)(H,25,28). The summed E-state index contributed by atoms with van der Waals surface area (Å²) in [5.74, 6) is -0.651. The average Bonchev–Trinajstić information content (AvgIpc) is 2.73. The van der Waals surface area contributed by atoms with Crippen LogP contribution >= 0.6 is 0 Å². The van der Waals surface area contributed by atoms with Crippen LogP contribution in [0.15, 0.2) is 54.2 Å². The van der Waals surface area contributed by atoms with E-state index in [9.17, 15) is 9.59 Å². The van der Waals surface area contributed by atoms with E-state index in [1.54, 1.807) is 24.4 Å². The summed E-state index contributed by atoms with van der Waals surface area (Å²) in [6.45, 7) is 1.10. The predicted molar refractivity (Wildman–Crippen MR) is 110 cm³/mol. The molecule has 28 heavy (non-hydrogen) atoms.